The molecule has 1 aromatic carbocycles. The average Bonchev–Trinajstić information content (AvgIpc) is 2.50. The molecule has 0 saturated carbocycles. The SMILES string of the molecule is Cc1c(Cl)cccc1NC(=O)/C(C#N)=C/c1cccnc1. The van der Waals surface area contributed by atoms with Crippen LogP contribution in [0, 0.1) is 18.3 Å². The number of halogens is 1. The average molecular weight is 298 g/mol. The summed E-state index contributed by atoms with van der Waals surface area (Å²) in [6.45, 7) is 1.80. The molecule has 0 radical (unpaired) electrons. The Morgan fingerprint density at radius 3 is 2.86 bits per heavy atom. The molecule has 0 saturated heterocycles. The molecule has 1 amide bonds. The van der Waals surface area contributed by atoms with Gasteiger partial charge in [0.15, 0.2) is 0 Å². The summed E-state index contributed by atoms with van der Waals surface area (Å²) in [5.41, 5.74) is 2.03. The second-order valence-corrected chi connectivity index (χ2v) is 4.73. The summed E-state index contributed by atoms with van der Waals surface area (Å²) in [7, 11) is 0. The Bertz CT molecular complexity index is 733. The number of benzene rings is 1. The highest BCUT2D eigenvalue weighted by molar-refractivity contribution is 6.31. The molecular formula is C16H12ClN3O. The van der Waals surface area contributed by atoms with Gasteiger partial charge in [-0.15, -0.1) is 0 Å². The fraction of sp³-hybridized carbons (Fsp3) is 0.0625. The fourth-order valence-electron chi connectivity index (χ4n) is 1.71. The zero-order valence-electron chi connectivity index (χ0n) is 11.3. The van der Waals surface area contributed by atoms with E-state index in [0.717, 1.165) is 5.56 Å². The number of anilines is 1. The number of nitrogens with one attached hydrogen (secondary N) is 1. The van der Waals surface area contributed by atoms with Crippen molar-refractivity contribution in [3.8, 4) is 6.07 Å². The molecular weight excluding hydrogens is 286 g/mol. The molecule has 0 spiro atoms. The number of pyridine rings is 1. The van der Waals surface area contributed by atoms with Crippen LogP contribution in [0.5, 0.6) is 0 Å². The van der Waals surface area contributed by atoms with E-state index in [1.165, 1.54) is 6.08 Å². The molecule has 21 heavy (non-hydrogen) atoms. The van der Waals surface area contributed by atoms with Gasteiger partial charge in [0.25, 0.3) is 5.91 Å². The standard InChI is InChI=1S/C16H12ClN3O/c1-11-14(17)5-2-6-15(11)20-16(21)13(9-18)8-12-4-3-7-19-10-12/h2-8,10H,1H3,(H,20,21)/b13-8+. The van der Waals surface area contributed by atoms with Crippen molar-refractivity contribution < 1.29 is 4.79 Å². The summed E-state index contributed by atoms with van der Waals surface area (Å²) in [5, 5.41) is 12.4. The van der Waals surface area contributed by atoms with Crippen molar-refractivity contribution in [2.75, 3.05) is 5.32 Å². The van der Waals surface area contributed by atoms with Gasteiger partial charge in [-0.25, -0.2) is 0 Å². The number of hydrogen-bond donors (Lipinski definition) is 1. The summed E-state index contributed by atoms with van der Waals surface area (Å²) in [5.74, 6) is -0.480. The van der Waals surface area contributed by atoms with E-state index >= 15 is 0 Å². The van der Waals surface area contributed by atoms with Gasteiger partial charge in [-0.2, -0.15) is 5.26 Å². The Labute approximate surface area is 127 Å². The number of nitrogens with zero attached hydrogens (tertiary/aromatic N) is 2. The fourth-order valence-corrected chi connectivity index (χ4v) is 1.88. The quantitative estimate of drug-likeness (QED) is 0.695. The number of amides is 1. The first-order valence-electron chi connectivity index (χ1n) is 6.20. The van der Waals surface area contributed by atoms with Crippen molar-refractivity contribution >= 4 is 29.3 Å². The Morgan fingerprint density at radius 1 is 1.38 bits per heavy atom. The van der Waals surface area contributed by atoms with Crippen LogP contribution in [0.3, 0.4) is 0 Å². The maximum atomic E-state index is 12.1. The maximum Gasteiger partial charge on any atom is 0.266 e. The zero-order valence-corrected chi connectivity index (χ0v) is 12.1. The third kappa shape index (κ3) is 3.68. The smallest absolute Gasteiger partial charge is 0.266 e. The summed E-state index contributed by atoms with van der Waals surface area (Å²) < 4.78 is 0. The second-order valence-electron chi connectivity index (χ2n) is 4.32. The molecule has 0 aliphatic carbocycles. The van der Waals surface area contributed by atoms with Gasteiger partial charge >= 0.3 is 0 Å². The van der Waals surface area contributed by atoms with Crippen LogP contribution < -0.4 is 5.32 Å². The summed E-state index contributed by atoms with van der Waals surface area (Å²) >= 11 is 6.00. The van der Waals surface area contributed by atoms with E-state index < -0.39 is 5.91 Å². The highest BCUT2D eigenvalue weighted by Gasteiger charge is 2.11. The first-order chi connectivity index (χ1) is 10.1. The van der Waals surface area contributed by atoms with Crippen LogP contribution in [0.4, 0.5) is 5.69 Å². The molecule has 5 heteroatoms. The maximum absolute atomic E-state index is 12.1. The van der Waals surface area contributed by atoms with Gasteiger partial charge in [0.05, 0.1) is 0 Å². The molecule has 2 rings (SSSR count). The van der Waals surface area contributed by atoms with Gasteiger partial charge in [0.2, 0.25) is 0 Å². The highest BCUT2D eigenvalue weighted by atomic mass is 35.5. The molecule has 4 nitrogen and oxygen atoms in total. The first kappa shape index (κ1) is 14.8. The summed E-state index contributed by atoms with van der Waals surface area (Å²) in [6, 6.07) is 10.6. The molecule has 1 N–H and O–H groups in total. The number of rotatable bonds is 3. The third-order valence-electron chi connectivity index (χ3n) is 2.88. The van der Waals surface area contributed by atoms with Crippen molar-refractivity contribution in [3.05, 3.63) is 64.4 Å². The monoisotopic (exact) mass is 297 g/mol. The van der Waals surface area contributed by atoms with Crippen LogP contribution in [0.25, 0.3) is 6.08 Å². The minimum Gasteiger partial charge on any atom is -0.321 e. The van der Waals surface area contributed by atoms with Crippen LogP contribution in [-0.4, -0.2) is 10.9 Å². The van der Waals surface area contributed by atoms with E-state index in [1.807, 2.05) is 6.07 Å². The number of aromatic nitrogens is 1. The molecule has 0 aliphatic rings. The van der Waals surface area contributed by atoms with Gasteiger partial charge in [0.1, 0.15) is 11.6 Å². The van der Waals surface area contributed by atoms with Gasteiger partial charge < -0.3 is 5.32 Å². The molecule has 0 bridgehead atoms. The van der Waals surface area contributed by atoms with Crippen molar-refractivity contribution in [1.82, 2.24) is 4.98 Å². The van der Waals surface area contributed by atoms with E-state index in [9.17, 15) is 4.79 Å². The van der Waals surface area contributed by atoms with Crippen LogP contribution in [-0.2, 0) is 4.79 Å². The predicted octanol–water partition coefficient (Wildman–Crippen LogP) is 3.59. The minimum atomic E-state index is -0.480. The van der Waals surface area contributed by atoms with E-state index in [1.54, 1.807) is 49.6 Å². The third-order valence-corrected chi connectivity index (χ3v) is 3.29. The Balaban J connectivity index is 2.24. The van der Waals surface area contributed by atoms with Crippen LogP contribution in [0.2, 0.25) is 5.02 Å². The molecule has 104 valence electrons. The van der Waals surface area contributed by atoms with Crippen molar-refractivity contribution in [2.45, 2.75) is 6.92 Å². The van der Waals surface area contributed by atoms with E-state index in [2.05, 4.69) is 10.3 Å². The van der Waals surface area contributed by atoms with Crippen molar-refractivity contribution in [1.29, 1.82) is 5.26 Å². The van der Waals surface area contributed by atoms with Crippen LogP contribution in [0.1, 0.15) is 11.1 Å². The van der Waals surface area contributed by atoms with E-state index in [4.69, 9.17) is 16.9 Å². The van der Waals surface area contributed by atoms with Gasteiger partial charge in [-0.1, -0.05) is 23.7 Å². The van der Waals surface area contributed by atoms with Crippen LogP contribution in [0.15, 0.2) is 48.3 Å². The van der Waals surface area contributed by atoms with E-state index in [-0.39, 0.29) is 5.57 Å². The zero-order chi connectivity index (χ0) is 15.2. The first-order valence-corrected chi connectivity index (χ1v) is 6.58. The largest absolute Gasteiger partial charge is 0.321 e. The summed E-state index contributed by atoms with van der Waals surface area (Å²) in [6.07, 6.45) is 4.69. The minimum absolute atomic E-state index is 0.00220. The van der Waals surface area contributed by atoms with Gasteiger partial charge in [0, 0.05) is 23.1 Å². The molecule has 0 aliphatic heterocycles. The summed E-state index contributed by atoms with van der Waals surface area (Å²) in [4.78, 5) is 16.1. The normalized spacial score (nSPS) is 10.8. The van der Waals surface area contributed by atoms with Crippen molar-refractivity contribution in [2.24, 2.45) is 0 Å². The van der Waals surface area contributed by atoms with Crippen LogP contribution >= 0.6 is 11.6 Å². The lowest BCUT2D eigenvalue weighted by molar-refractivity contribution is -0.112. The molecule has 2 aromatic rings. The topological polar surface area (TPSA) is 65.8 Å². The molecule has 0 fully saturated rings. The highest BCUT2D eigenvalue weighted by Crippen LogP contribution is 2.23. The van der Waals surface area contributed by atoms with Gasteiger partial charge in [-0.05, 0) is 42.3 Å². The lowest BCUT2D eigenvalue weighted by Gasteiger charge is -2.08. The van der Waals surface area contributed by atoms with Crippen molar-refractivity contribution in [3.63, 3.8) is 0 Å². The predicted molar refractivity (Wildman–Crippen MR) is 82.6 cm³/mol. The number of carbonyl (C=O) groups excluding carboxylic acids is 1. The molecule has 0 unspecified atom stereocenters. The number of hydrogen-bond acceptors (Lipinski definition) is 3. The van der Waals surface area contributed by atoms with Gasteiger partial charge in [-0.3, -0.25) is 9.78 Å². The second kappa shape index (κ2) is 6.69. The van der Waals surface area contributed by atoms with E-state index in [0.29, 0.717) is 16.3 Å². The Kier molecular flexibility index (Phi) is 4.70. The Morgan fingerprint density at radius 2 is 2.19 bits per heavy atom. The number of nitriles is 1. The lowest BCUT2D eigenvalue weighted by atomic mass is 10.1. The lowest BCUT2D eigenvalue weighted by Crippen LogP contribution is -2.14. The molecule has 1 heterocycles. The molecule has 1 aromatic heterocycles. The molecule has 0 atom stereocenters. The Hall–Kier alpha value is -2.64. The number of carbonyl (C=O) groups is 1.